The van der Waals surface area contributed by atoms with Gasteiger partial charge in [-0.3, -0.25) is 4.72 Å². The van der Waals surface area contributed by atoms with Gasteiger partial charge in [-0.1, -0.05) is 6.42 Å². The first-order valence-electron chi connectivity index (χ1n) is 10.9. The van der Waals surface area contributed by atoms with Gasteiger partial charge in [0.1, 0.15) is 5.58 Å². The van der Waals surface area contributed by atoms with Crippen LogP contribution in [0.3, 0.4) is 0 Å². The fraction of sp³-hybridized carbons (Fsp3) is 0.391. The molecule has 3 heterocycles. The standard InChI is InChI=1S/C23H25N3O5S/c1-2-30-23(27)21-11-15-8-9-18(12-20(15)31-21)32(28,29)25-19-7-4-10-24-22(19)26-13-16-5-3-6-17(16)14-26/h4,7-12,16-17,25H,2-3,5-6,13-14H2,1H3. The summed E-state index contributed by atoms with van der Waals surface area (Å²) in [7, 11) is -3.89. The van der Waals surface area contributed by atoms with Crippen LogP contribution in [0.2, 0.25) is 0 Å². The van der Waals surface area contributed by atoms with Crippen molar-refractivity contribution in [3.05, 3.63) is 48.4 Å². The molecule has 3 aromatic rings. The third kappa shape index (κ3) is 3.81. The molecule has 0 bridgehead atoms. The van der Waals surface area contributed by atoms with Gasteiger partial charge in [0.05, 0.1) is 17.2 Å². The summed E-state index contributed by atoms with van der Waals surface area (Å²) in [6, 6.07) is 9.52. The third-order valence-corrected chi connectivity index (χ3v) is 7.70. The summed E-state index contributed by atoms with van der Waals surface area (Å²) >= 11 is 0. The number of aromatic nitrogens is 1. The van der Waals surface area contributed by atoms with Crippen molar-refractivity contribution in [3.8, 4) is 0 Å². The van der Waals surface area contributed by atoms with Crippen LogP contribution >= 0.6 is 0 Å². The molecule has 1 aromatic carbocycles. The molecule has 0 amide bonds. The quantitative estimate of drug-likeness (QED) is 0.560. The Bertz CT molecular complexity index is 1260. The second kappa shape index (κ2) is 8.12. The molecule has 1 saturated heterocycles. The lowest BCUT2D eigenvalue weighted by Crippen LogP contribution is -2.24. The number of hydrogen-bond acceptors (Lipinski definition) is 7. The Kier molecular flexibility index (Phi) is 5.28. The van der Waals surface area contributed by atoms with Gasteiger partial charge in [-0.25, -0.2) is 18.2 Å². The Morgan fingerprint density at radius 2 is 2.00 bits per heavy atom. The highest BCUT2D eigenvalue weighted by Gasteiger charge is 2.37. The molecule has 2 aromatic heterocycles. The molecule has 2 atom stereocenters. The Balaban J connectivity index is 1.41. The normalized spacial score (nSPS) is 20.5. The van der Waals surface area contributed by atoms with Gasteiger partial charge >= 0.3 is 5.97 Å². The number of furan rings is 1. The van der Waals surface area contributed by atoms with Crippen molar-refractivity contribution < 1.29 is 22.4 Å². The lowest BCUT2D eigenvalue weighted by Gasteiger charge is -2.22. The predicted octanol–water partition coefficient (Wildman–Crippen LogP) is 4.04. The molecule has 8 nitrogen and oxygen atoms in total. The van der Waals surface area contributed by atoms with E-state index in [1.807, 2.05) is 0 Å². The molecule has 9 heteroatoms. The van der Waals surface area contributed by atoms with Gasteiger partial charge in [0.2, 0.25) is 5.76 Å². The van der Waals surface area contributed by atoms with Gasteiger partial charge in [-0.15, -0.1) is 0 Å². The number of ether oxygens (including phenoxy) is 1. The van der Waals surface area contributed by atoms with Gasteiger partial charge in [-0.2, -0.15) is 0 Å². The van der Waals surface area contributed by atoms with Crippen LogP contribution in [-0.2, 0) is 14.8 Å². The lowest BCUT2D eigenvalue weighted by atomic mass is 10.0. The third-order valence-electron chi connectivity index (χ3n) is 6.34. The minimum Gasteiger partial charge on any atom is -0.460 e. The Hall–Kier alpha value is -3.07. The summed E-state index contributed by atoms with van der Waals surface area (Å²) in [5.74, 6) is 1.45. The van der Waals surface area contributed by atoms with Crippen LogP contribution in [-0.4, -0.2) is 39.1 Å². The van der Waals surface area contributed by atoms with Crippen LogP contribution < -0.4 is 9.62 Å². The van der Waals surface area contributed by atoms with Crippen molar-refractivity contribution in [2.45, 2.75) is 31.1 Å². The molecule has 2 fully saturated rings. The number of fused-ring (bicyclic) bond motifs is 2. The fourth-order valence-electron chi connectivity index (χ4n) is 4.82. The number of nitrogens with one attached hydrogen (secondary N) is 1. The van der Waals surface area contributed by atoms with Crippen LogP contribution in [0, 0.1) is 11.8 Å². The van der Waals surface area contributed by atoms with Crippen molar-refractivity contribution in [2.24, 2.45) is 11.8 Å². The number of carbonyl (C=O) groups excluding carboxylic acids is 1. The zero-order valence-corrected chi connectivity index (χ0v) is 18.6. The maximum Gasteiger partial charge on any atom is 0.374 e. The van der Waals surface area contributed by atoms with E-state index in [2.05, 4.69) is 14.6 Å². The molecule has 5 rings (SSSR count). The summed E-state index contributed by atoms with van der Waals surface area (Å²) in [6.45, 7) is 3.75. The van der Waals surface area contributed by atoms with E-state index < -0.39 is 16.0 Å². The average Bonchev–Trinajstić information content (AvgIpc) is 3.48. The fourth-order valence-corrected chi connectivity index (χ4v) is 5.90. The lowest BCUT2D eigenvalue weighted by molar-refractivity contribution is 0.0492. The van der Waals surface area contributed by atoms with Gasteiger partial charge in [0.15, 0.2) is 5.82 Å². The van der Waals surface area contributed by atoms with Gasteiger partial charge in [0.25, 0.3) is 10.0 Å². The van der Waals surface area contributed by atoms with Crippen molar-refractivity contribution >= 4 is 38.5 Å². The number of benzene rings is 1. The van der Waals surface area contributed by atoms with Crippen molar-refractivity contribution in [2.75, 3.05) is 29.3 Å². The molecule has 1 N–H and O–H groups in total. The zero-order chi connectivity index (χ0) is 22.3. The molecule has 1 saturated carbocycles. The highest BCUT2D eigenvalue weighted by Crippen LogP contribution is 2.41. The first-order chi connectivity index (χ1) is 15.4. The zero-order valence-electron chi connectivity index (χ0n) is 17.8. The summed E-state index contributed by atoms with van der Waals surface area (Å²) in [6.07, 6.45) is 5.42. The minimum absolute atomic E-state index is 0.0403. The molecule has 0 spiro atoms. The molecule has 168 valence electrons. The molecule has 0 radical (unpaired) electrons. The van der Waals surface area contributed by atoms with Crippen LogP contribution in [0.1, 0.15) is 36.7 Å². The largest absolute Gasteiger partial charge is 0.460 e. The first-order valence-corrected chi connectivity index (χ1v) is 12.4. The average molecular weight is 456 g/mol. The van der Waals surface area contributed by atoms with E-state index in [4.69, 9.17) is 9.15 Å². The van der Waals surface area contributed by atoms with Gasteiger partial charge in [-0.05, 0) is 61.9 Å². The monoisotopic (exact) mass is 455 g/mol. The van der Waals surface area contributed by atoms with E-state index in [0.29, 0.717) is 34.3 Å². The summed E-state index contributed by atoms with van der Waals surface area (Å²) in [5, 5.41) is 0.623. The van der Waals surface area contributed by atoms with E-state index in [9.17, 15) is 13.2 Å². The maximum absolute atomic E-state index is 13.2. The van der Waals surface area contributed by atoms with Gasteiger partial charge in [0, 0.05) is 30.7 Å². The Labute approximate surface area is 186 Å². The summed E-state index contributed by atoms with van der Waals surface area (Å²) < 4.78 is 39.5. The van der Waals surface area contributed by atoms with E-state index in [0.717, 1.165) is 13.1 Å². The number of esters is 1. The number of anilines is 2. The van der Waals surface area contributed by atoms with Crippen LogP contribution in [0.25, 0.3) is 11.0 Å². The number of sulfonamides is 1. The molecule has 2 aliphatic rings. The van der Waals surface area contributed by atoms with E-state index in [1.165, 1.54) is 31.4 Å². The van der Waals surface area contributed by atoms with Crippen molar-refractivity contribution in [3.63, 3.8) is 0 Å². The second-order valence-electron chi connectivity index (χ2n) is 8.37. The number of nitrogens with zero attached hydrogens (tertiary/aromatic N) is 2. The molecular formula is C23H25N3O5S. The topological polar surface area (TPSA) is 102 Å². The van der Waals surface area contributed by atoms with Gasteiger partial charge < -0.3 is 14.1 Å². The predicted molar refractivity (Wildman–Crippen MR) is 120 cm³/mol. The Morgan fingerprint density at radius 3 is 2.75 bits per heavy atom. The molecule has 32 heavy (non-hydrogen) atoms. The number of carbonyl (C=O) groups is 1. The number of rotatable bonds is 6. The highest BCUT2D eigenvalue weighted by molar-refractivity contribution is 7.92. The maximum atomic E-state index is 13.2. The minimum atomic E-state index is -3.89. The van der Waals surface area contributed by atoms with Crippen molar-refractivity contribution in [1.29, 1.82) is 0 Å². The number of hydrogen-bond donors (Lipinski definition) is 1. The number of pyridine rings is 1. The van der Waals surface area contributed by atoms with Crippen LogP contribution in [0.5, 0.6) is 0 Å². The molecule has 1 aliphatic heterocycles. The highest BCUT2D eigenvalue weighted by atomic mass is 32.2. The second-order valence-corrected chi connectivity index (χ2v) is 10.0. The van der Waals surface area contributed by atoms with Crippen LogP contribution in [0.15, 0.2) is 51.9 Å². The van der Waals surface area contributed by atoms with Crippen molar-refractivity contribution in [1.82, 2.24) is 4.98 Å². The van der Waals surface area contributed by atoms with E-state index in [-0.39, 0.29) is 17.3 Å². The summed E-state index contributed by atoms with van der Waals surface area (Å²) in [5.41, 5.74) is 0.758. The Morgan fingerprint density at radius 1 is 1.22 bits per heavy atom. The SMILES string of the molecule is CCOC(=O)c1cc2ccc(S(=O)(=O)Nc3cccnc3N3CC4CCCC4C3)cc2o1. The molecule has 1 aliphatic carbocycles. The molecular weight excluding hydrogens is 430 g/mol. The van der Waals surface area contributed by atoms with E-state index in [1.54, 1.807) is 37.4 Å². The van der Waals surface area contributed by atoms with E-state index >= 15 is 0 Å². The smallest absolute Gasteiger partial charge is 0.374 e. The summed E-state index contributed by atoms with van der Waals surface area (Å²) in [4.78, 5) is 18.6. The first kappa shape index (κ1) is 20.8. The van der Waals surface area contributed by atoms with Crippen LogP contribution in [0.4, 0.5) is 11.5 Å². The molecule has 2 unspecified atom stereocenters.